The number of nitrogens with zero attached hydrogens (tertiary/aromatic N) is 2. The molecule has 0 bridgehead atoms. The summed E-state index contributed by atoms with van der Waals surface area (Å²) in [5, 5.41) is 1.06. The summed E-state index contributed by atoms with van der Waals surface area (Å²) in [5.74, 6) is 0.666. The number of aromatic nitrogens is 3. The van der Waals surface area contributed by atoms with Crippen molar-refractivity contribution in [2.75, 3.05) is 0 Å². The molecule has 0 atom stereocenters. The van der Waals surface area contributed by atoms with E-state index in [-0.39, 0.29) is 5.41 Å². The van der Waals surface area contributed by atoms with Crippen LogP contribution in [0.2, 0.25) is 0 Å². The summed E-state index contributed by atoms with van der Waals surface area (Å²) in [7, 11) is 0. The van der Waals surface area contributed by atoms with Crippen LogP contribution in [0.5, 0.6) is 0 Å². The third-order valence-corrected chi connectivity index (χ3v) is 10.6. The highest BCUT2D eigenvalue weighted by Crippen LogP contribution is 2.50. The molecule has 0 saturated heterocycles. The molecule has 1 aliphatic carbocycles. The Kier molecular flexibility index (Phi) is 6.80. The van der Waals surface area contributed by atoms with Crippen LogP contribution in [0.3, 0.4) is 0 Å². The van der Waals surface area contributed by atoms with E-state index >= 15 is 0 Å². The molecule has 0 spiro atoms. The molecule has 0 unspecified atom stereocenters. The molecule has 1 aliphatic rings. The van der Waals surface area contributed by atoms with Crippen molar-refractivity contribution in [2.24, 2.45) is 0 Å². The molecule has 0 aliphatic heterocycles. The molecule has 10 rings (SSSR count). The molecule has 0 radical (unpaired) electrons. The van der Waals surface area contributed by atoms with Crippen molar-refractivity contribution < 1.29 is 9.40 Å². The lowest BCUT2D eigenvalue weighted by molar-refractivity contribution is -0.343. The minimum absolute atomic E-state index is 0.0650. The number of para-hydroxylation sites is 1. The Balaban J connectivity index is 1.23. The van der Waals surface area contributed by atoms with Gasteiger partial charge in [0.15, 0.2) is 12.0 Å². The largest absolute Gasteiger partial charge is 0.449 e. The Labute approximate surface area is 302 Å². The highest BCUT2D eigenvalue weighted by molar-refractivity contribution is 6.05. The number of H-pyrrole nitrogens is 1. The van der Waals surface area contributed by atoms with Gasteiger partial charge in [-0.15, -0.1) is 0 Å². The third kappa shape index (κ3) is 4.87. The van der Waals surface area contributed by atoms with Crippen LogP contribution in [-0.2, 0) is 5.41 Å². The number of pyridine rings is 1. The molecule has 3 aromatic heterocycles. The summed E-state index contributed by atoms with van der Waals surface area (Å²) in [6, 6.07) is 55.5. The zero-order valence-corrected chi connectivity index (χ0v) is 28.9. The van der Waals surface area contributed by atoms with E-state index < -0.39 is 0 Å². The van der Waals surface area contributed by atoms with Crippen LogP contribution < -0.4 is 4.98 Å². The van der Waals surface area contributed by atoms with Gasteiger partial charge in [-0.05, 0) is 81.4 Å². The SMILES string of the molecule is CC1(C)c2ccccc2-c2cc(-c3cc(-c4nc(-c5ccccc5)cc(-c5ccccc5)n4)cc(-c4cc[nH+]c5c4oc4ccccc45)c3)ccc21. The molecule has 0 fully saturated rings. The van der Waals surface area contributed by atoms with Crippen LogP contribution in [0.25, 0.3) is 89.4 Å². The van der Waals surface area contributed by atoms with Gasteiger partial charge in [0.2, 0.25) is 5.58 Å². The van der Waals surface area contributed by atoms with Crippen LogP contribution in [0.15, 0.2) is 168 Å². The predicted octanol–water partition coefficient (Wildman–Crippen LogP) is 11.8. The Morgan fingerprint density at radius 1 is 0.481 bits per heavy atom. The standard InChI is InChI=1S/C48H33N3O/c1-48(2)40-19-11-9-17-37(40)39-28-32(21-22-41(39)48)33-25-34(36-23-24-49-45-38-18-10-12-20-44(38)52-46(36)45)27-35(26-33)47-50-42(30-13-5-3-6-14-30)29-43(51-47)31-15-7-4-8-16-31/h3-29H,1-2H3/p+1. The smallest absolute Gasteiger partial charge is 0.258 e. The second-order valence-electron chi connectivity index (χ2n) is 14.1. The molecule has 0 saturated carbocycles. The molecule has 246 valence electrons. The van der Waals surface area contributed by atoms with E-state index in [4.69, 9.17) is 14.4 Å². The number of furan rings is 1. The lowest BCUT2D eigenvalue weighted by atomic mass is 9.82. The van der Waals surface area contributed by atoms with Gasteiger partial charge in [-0.2, -0.15) is 0 Å². The molecule has 6 aromatic carbocycles. The number of nitrogens with one attached hydrogen (secondary N) is 1. The summed E-state index contributed by atoms with van der Waals surface area (Å²) >= 11 is 0. The van der Waals surface area contributed by atoms with Crippen molar-refractivity contribution >= 4 is 22.1 Å². The van der Waals surface area contributed by atoms with Crippen LogP contribution >= 0.6 is 0 Å². The molecule has 4 heteroatoms. The fourth-order valence-electron chi connectivity index (χ4n) is 7.96. The Morgan fingerprint density at radius 3 is 1.88 bits per heavy atom. The van der Waals surface area contributed by atoms with Crippen molar-refractivity contribution in [3.05, 3.63) is 175 Å². The van der Waals surface area contributed by atoms with E-state index in [2.05, 4.69) is 146 Å². The van der Waals surface area contributed by atoms with Crippen molar-refractivity contribution in [1.29, 1.82) is 0 Å². The van der Waals surface area contributed by atoms with Gasteiger partial charge in [-0.25, -0.2) is 15.0 Å². The van der Waals surface area contributed by atoms with E-state index in [0.29, 0.717) is 5.82 Å². The highest BCUT2D eigenvalue weighted by atomic mass is 16.3. The normalized spacial score (nSPS) is 13.0. The van der Waals surface area contributed by atoms with Crippen LogP contribution in [0.1, 0.15) is 25.0 Å². The molecule has 0 amide bonds. The first-order chi connectivity index (χ1) is 25.5. The van der Waals surface area contributed by atoms with Crippen molar-refractivity contribution in [3.63, 3.8) is 0 Å². The number of fused-ring (bicyclic) bond motifs is 6. The maximum absolute atomic E-state index is 6.54. The predicted molar refractivity (Wildman–Crippen MR) is 211 cm³/mol. The number of hydrogen-bond acceptors (Lipinski definition) is 3. The van der Waals surface area contributed by atoms with Gasteiger partial charge in [-0.1, -0.05) is 123 Å². The van der Waals surface area contributed by atoms with Crippen molar-refractivity contribution in [2.45, 2.75) is 19.3 Å². The third-order valence-electron chi connectivity index (χ3n) is 10.6. The number of rotatable bonds is 5. The number of hydrogen-bond donors (Lipinski definition) is 0. The lowest BCUT2D eigenvalue weighted by Gasteiger charge is -2.21. The van der Waals surface area contributed by atoms with Crippen molar-refractivity contribution in [3.8, 4) is 67.3 Å². The second-order valence-corrected chi connectivity index (χ2v) is 14.1. The van der Waals surface area contributed by atoms with Gasteiger partial charge in [0.25, 0.3) is 5.52 Å². The van der Waals surface area contributed by atoms with E-state index in [1.165, 1.54) is 22.3 Å². The molecule has 1 N–H and O–H groups in total. The van der Waals surface area contributed by atoms with E-state index in [9.17, 15) is 0 Å². The quantitative estimate of drug-likeness (QED) is 0.183. The topological polar surface area (TPSA) is 53.1 Å². The van der Waals surface area contributed by atoms with Gasteiger partial charge in [0.1, 0.15) is 5.58 Å². The monoisotopic (exact) mass is 668 g/mol. The Hall–Kier alpha value is -6.65. The maximum atomic E-state index is 6.54. The van der Waals surface area contributed by atoms with E-state index in [1.54, 1.807) is 0 Å². The fourth-order valence-corrected chi connectivity index (χ4v) is 7.96. The first-order valence-corrected chi connectivity index (χ1v) is 17.7. The van der Waals surface area contributed by atoms with Crippen LogP contribution in [0.4, 0.5) is 0 Å². The molecular weight excluding hydrogens is 635 g/mol. The average molecular weight is 669 g/mol. The average Bonchev–Trinajstić information content (AvgIpc) is 3.70. The molecule has 9 aromatic rings. The molecule has 3 heterocycles. The maximum Gasteiger partial charge on any atom is 0.258 e. The van der Waals surface area contributed by atoms with Gasteiger partial charge in [-0.3, -0.25) is 0 Å². The molecule has 52 heavy (non-hydrogen) atoms. The molecule has 4 nitrogen and oxygen atoms in total. The zero-order chi connectivity index (χ0) is 34.8. The highest BCUT2D eigenvalue weighted by Gasteiger charge is 2.35. The Bertz CT molecular complexity index is 2760. The Morgan fingerprint density at radius 2 is 1.12 bits per heavy atom. The zero-order valence-electron chi connectivity index (χ0n) is 28.9. The number of benzene rings is 6. The summed E-state index contributed by atoms with van der Waals surface area (Å²) < 4.78 is 6.54. The second kappa shape index (κ2) is 11.7. The number of aromatic amines is 1. The summed E-state index contributed by atoms with van der Waals surface area (Å²) in [6.07, 6.45) is 2.00. The van der Waals surface area contributed by atoms with Gasteiger partial charge < -0.3 is 4.42 Å². The van der Waals surface area contributed by atoms with Gasteiger partial charge in [0.05, 0.1) is 16.8 Å². The summed E-state index contributed by atoms with van der Waals surface area (Å²) in [5.41, 5.74) is 16.9. The minimum atomic E-state index is -0.0650. The van der Waals surface area contributed by atoms with E-state index in [0.717, 1.165) is 72.4 Å². The first kappa shape index (κ1) is 30.2. The lowest BCUT2D eigenvalue weighted by Crippen LogP contribution is -2.14. The van der Waals surface area contributed by atoms with E-state index in [1.807, 2.05) is 36.5 Å². The summed E-state index contributed by atoms with van der Waals surface area (Å²) in [4.78, 5) is 13.9. The van der Waals surface area contributed by atoms with Crippen LogP contribution in [0, 0.1) is 0 Å². The fraction of sp³-hybridized carbons (Fsp3) is 0.0625. The molecular formula is C48H34N3O+. The van der Waals surface area contributed by atoms with Gasteiger partial charge >= 0.3 is 0 Å². The summed E-state index contributed by atoms with van der Waals surface area (Å²) in [6.45, 7) is 4.64. The first-order valence-electron chi connectivity index (χ1n) is 17.7. The van der Waals surface area contributed by atoms with Gasteiger partial charge in [0, 0.05) is 33.7 Å². The minimum Gasteiger partial charge on any atom is -0.449 e. The van der Waals surface area contributed by atoms with Crippen LogP contribution in [-0.4, -0.2) is 9.97 Å². The van der Waals surface area contributed by atoms with Crippen molar-refractivity contribution in [1.82, 2.24) is 9.97 Å².